The Labute approximate surface area is 89.5 Å². The molecule has 0 fully saturated rings. The Morgan fingerprint density at radius 3 is 2.60 bits per heavy atom. The van der Waals surface area contributed by atoms with E-state index in [0.717, 1.165) is 5.56 Å². The van der Waals surface area contributed by atoms with Crippen molar-refractivity contribution in [1.82, 2.24) is 0 Å². The Morgan fingerprint density at radius 1 is 1.33 bits per heavy atom. The molecule has 0 unspecified atom stereocenters. The van der Waals surface area contributed by atoms with E-state index < -0.39 is 0 Å². The second-order valence-corrected chi connectivity index (χ2v) is 3.20. The van der Waals surface area contributed by atoms with Crippen molar-refractivity contribution in [2.75, 3.05) is 6.54 Å². The van der Waals surface area contributed by atoms with E-state index in [4.69, 9.17) is 10.5 Å². The molecular formula is C12H15NO2. The van der Waals surface area contributed by atoms with E-state index in [0.29, 0.717) is 18.5 Å². The van der Waals surface area contributed by atoms with Crippen LogP contribution in [0.4, 0.5) is 0 Å². The Kier molecular flexibility index (Phi) is 4.57. The molecule has 1 aromatic carbocycles. The molecule has 1 aromatic rings. The van der Waals surface area contributed by atoms with Crippen molar-refractivity contribution in [2.45, 2.75) is 13.0 Å². The number of hydrogen-bond acceptors (Lipinski definition) is 3. The van der Waals surface area contributed by atoms with Crippen LogP contribution >= 0.6 is 0 Å². The van der Waals surface area contributed by atoms with Crippen molar-refractivity contribution in [3.63, 3.8) is 0 Å². The largest absolute Gasteiger partial charge is 0.457 e. The fourth-order valence-corrected chi connectivity index (χ4v) is 1.10. The van der Waals surface area contributed by atoms with E-state index in [2.05, 4.69) is 6.58 Å². The standard InChI is InChI=1S/C12H15NO2/c1-10(7-8-13)12(14)15-9-11-5-3-2-4-6-11/h2-6H,1,7-9,13H2. The molecule has 15 heavy (non-hydrogen) atoms. The van der Waals surface area contributed by atoms with Gasteiger partial charge < -0.3 is 10.5 Å². The van der Waals surface area contributed by atoms with Gasteiger partial charge in [0.15, 0.2) is 0 Å². The minimum absolute atomic E-state index is 0.281. The molecule has 0 radical (unpaired) electrons. The molecular weight excluding hydrogens is 190 g/mol. The molecule has 0 aromatic heterocycles. The first-order valence-electron chi connectivity index (χ1n) is 4.83. The predicted molar refractivity (Wildman–Crippen MR) is 59.0 cm³/mol. The van der Waals surface area contributed by atoms with E-state index in [9.17, 15) is 4.79 Å². The summed E-state index contributed by atoms with van der Waals surface area (Å²) >= 11 is 0. The van der Waals surface area contributed by atoms with Gasteiger partial charge >= 0.3 is 5.97 Å². The highest BCUT2D eigenvalue weighted by Gasteiger charge is 2.07. The van der Waals surface area contributed by atoms with Gasteiger partial charge in [0.2, 0.25) is 0 Å². The van der Waals surface area contributed by atoms with Crippen LogP contribution in [-0.4, -0.2) is 12.5 Å². The highest BCUT2D eigenvalue weighted by atomic mass is 16.5. The number of rotatable bonds is 5. The SMILES string of the molecule is C=C(CCN)C(=O)OCc1ccccc1. The third-order valence-electron chi connectivity index (χ3n) is 1.95. The summed E-state index contributed by atoms with van der Waals surface area (Å²) in [4.78, 5) is 11.3. The second kappa shape index (κ2) is 5.98. The molecule has 3 nitrogen and oxygen atoms in total. The number of ether oxygens (including phenoxy) is 1. The smallest absolute Gasteiger partial charge is 0.333 e. The van der Waals surface area contributed by atoms with Crippen LogP contribution in [0.1, 0.15) is 12.0 Å². The minimum Gasteiger partial charge on any atom is -0.457 e. The van der Waals surface area contributed by atoms with Crippen LogP contribution in [0.3, 0.4) is 0 Å². The zero-order valence-electron chi connectivity index (χ0n) is 8.61. The van der Waals surface area contributed by atoms with Gasteiger partial charge in [-0.15, -0.1) is 0 Å². The maximum Gasteiger partial charge on any atom is 0.333 e. The van der Waals surface area contributed by atoms with Crippen molar-refractivity contribution in [2.24, 2.45) is 5.73 Å². The Bertz CT molecular complexity index is 333. The van der Waals surface area contributed by atoms with E-state index in [1.165, 1.54) is 0 Å². The monoisotopic (exact) mass is 205 g/mol. The summed E-state index contributed by atoms with van der Waals surface area (Å²) in [5.41, 5.74) is 6.69. The van der Waals surface area contributed by atoms with Crippen molar-refractivity contribution in [3.05, 3.63) is 48.0 Å². The summed E-state index contributed by atoms with van der Waals surface area (Å²) in [5.74, 6) is -0.371. The van der Waals surface area contributed by atoms with E-state index in [-0.39, 0.29) is 12.6 Å². The Morgan fingerprint density at radius 2 is 2.00 bits per heavy atom. The average molecular weight is 205 g/mol. The van der Waals surface area contributed by atoms with Crippen LogP contribution in [0, 0.1) is 0 Å². The van der Waals surface area contributed by atoms with E-state index in [1.54, 1.807) is 0 Å². The first-order valence-corrected chi connectivity index (χ1v) is 4.83. The third-order valence-corrected chi connectivity index (χ3v) is 1.95. The number of benzene rings is 1. The summed E-state index contributed by atoms with van der Waals surface area (Å²) in [6, 6.07) is 9.52. The molecule has 1 rings (SSSR count). The van der Waals surface area contributed by atoms with Gasteiger partial charge in [0.25, 0.3) is 0 Å². The van der Waals surface area contributed by atoms with Gasteiger partial charge in [0, 0.05) is 5.57 Å². The number of carbonyl (C=O) groups is 1. The summed E-state index contributed by atoms with van der Waals surface area (Å²) in [7, 11) is 0. The van der Waals surface area contributed by atoms with Gasteiger partial charge in [-0.25, -0.2) is 4.79 Å². The highest BCUT2D eigenvalue weighted by Crippen LogP contribution is 2.04. The zero-order chi connectivity index (χ0) is 11.1. The predicted octanol–water partition coefficient (Wildman–Crippen LogP) is 1.63. The molecule has 80 valence electrons. The molecule has 0 aliphatic carbocycles. The molecule has 0 atom stereocenters. The lowest BCUT2D eigenvalue weighted by Gasteiger charge is -2.05. The number of hydrogen-bond donors (Lipinski definition) is 1. The fourth-order valence-electron chi connectivity index (χ4n) is 1.10. The van der Waals surface area contributed by atoms with E-state index >= 15 is 0 Å². The highest BCUT2D eigenvalue weighted by molar-refractivity contribution is 5.87. The van der Waals surface area contributed by atoms with Crippen molar-refractivity contribution in [3.8, 4) is 0 Å². The molecule has 0 aliphatic heterocycles. The summed E-state index contributed by atoms with van der Waals surface area (Å²) in [6.45, 7) is 4.30. The molecule has 0 heterocycles. The van der Waals surface area contributed by atoms with Crippen molar-refractivity contribution >= 4 is 5.97 Å². The number of nitrogens with two attached hydrogens (primary N) is 1. The second-order valence-electron chi connectivity index (χ2n) is 3.20. The molecule has 0 saturated heterocycles. The minimum atomic E-state index is -0.371. The van der Waals surface area contributed by atoms with Gasteiger partial charge in [-0.05, 0) is 18.5 Å². The maximum absolute atomic E-state index is 11.3. The van der Waals surface area contributed by atoms with Gasteiger partial charge in [0.1, 0.15) is 6.61 Å². The number of esters is 1. The molecule has 3 heteroatoms. The van der Waals surface area contributed by atoms with Gasteiger partial charge in [-0.3, -0.25) is 0 Å². The molecule has 0 aliphatic rings. The van der Waals surface area contributed by atoms with Gasteiger partial charge in [-0.2, -0.15) is 0 Å². The van der Waals surface area contributed by atoms with Gasteiger partial charge in [0.05, 0.1) is 0 Å². The van der Waals surface area contributed by atoms with Crippen LogP contribution < -0.4 is 5.73 Å². The molecule has 0 spiro atoms. The fraction of sp³-hybridized carbons (Fsp3) is 0.250. The van der Waals surface area contributed by atoms with Crippen LogP contribution in [0.5, 0.6) is 0 Å². The molecule has 2 N–H and O–H groups in total. The van der Waals surface area contributed by atoms with Crippen LogP contribution in [-0.2, 0) is 16.1 Å². The summed E-state index contributed by atoms with van der Waals surface area (Å²) < 4.78 is 5.05. The average Bonchev–Trinajstić information content (AvgIpc) is 2.27. The Balaban J connectivity index is 2.38. The zero-order valence-corrected chi connectivity index (χ0v) is 8.61. The van der Waals surface area contributed by atoms with Crippen LogP contribution in [0.15, 0.2) is 42.5 Å². The Hall–Kier alpha value is -1.61. The number of carbonyl (C=O) groups excluding carboxylic acids is 1. The lowest BCUT2D eigenvalue weighted by Crippen LogP contribution is -2.10. The van der Waals surface area contributed by atoms with Gasteiger partial charge in [-0.1, -0.05) is 36.9 Å². The topological polar surface area (TPSA) is 52.3 Å². The van der Waals surface area contributed by atoms with Crippen LogP contribution in [0.25, 0.3) is 0 Å². The maximum atomic E-state index is 11.3. The molecule has 0 saturated carbocycles. The first-order chi connectivity index (χ1) is 7.24. The first kappa shape index (κ1) is 11.5. The summed E-state index contributed by atoms with van der Waals surface area (Å²) in [6.07, 6.45) is 0.480. The quantitative estimate of drug-likeness (QED) is 0.587. The van der Waals surface area contributed by atoms with E-state index in [1.807, 2.05) is 30.3 Å². The third kappa shape index (κ3) is 3.95. The van der Waals surface area contributed by atoms with Crippen LogP contribution in [0.2, 0.25) is 0 Å². The molecule has 0 bridgehead atoms. The normalized spacial score (nSPS) is 9.67. The lowest BCUT2D eigenvalue weighted by atomic mass is 10.2. The van der Waals surface area contributed by atoms with Crippen molar-refractivity contribution in [1.29, 1.82) is 0 Å². The van der Waals surface area contributed by atoms with Crippen molar-refractivity contribution < 1.29 is 9.53 Å². The summed E-state index contributed by atoms with van der Waals surface area (Å²) in [5, 5.41) is 0. The lowest BCUT2D eigenvalue weighted by molar-refractivity contribution is -0.140. The molecule has 0 amide bonds.